The summed E-state index contributed by atoms with van der Waals surface area (Å²) in [6.45, 7) is 1.38. The molecule has 2 aromatic carbocycles. The molecule has 0 spiro atoms. The predicted octanol–water partition coefficient (Wildman–Crippen LogP) is 4.59. The SMILES string of the molecule is CC(OC(=O)/C=C/c1ccc(Br)cc1)C(=O)Nc1cc([N+](=O)[O-])ccc1Cl. The van der Waals surface area contributed by atoms with Gasteiger partial charge in [-0.2, -0.15) is 0 Å². The smallest absolute Gasteiger partial charge is 0.331 e. The van der Waals surface area contributed by atoms with E-state index in [9.17, 15) is 19.7 Å². The monoisotopic (exact) mass is 452 g/mol. The van der Waals surface area contributed by atoms with Crippen molar-refractivity contribution >= 4 is 56.9 Å². The third-order valence-electron chi connectivity index (χ3n) is 3.36. The van der Waals surface area contributed by atoms with E-state index in [0.717, 1.165) is 16.1 Å². The summed E-state index contributed by atoms with van der Waals surface area (Å²) in [6.07, 6.45) is 1.63. The summed E-state index contributed by atoms with van der Waals surface area (Å²) in [5.74, 6) is -1.37. The number of ether oxygens (including phenoxy) is 1. The molecule has 0 saturated heterocycles. The van der Waals surface area contributed by atoms with Gasteiger partial charge in [-0.3, -0.25) is 14.9 Å². The van der Waals surface area contributed by atoms with Crippen LogP contribution in [0.5, 0.6) is 0 Å². The average molecular weight is 454 g/mol. The molecule has 1 N–H and O–H groups in total. The predicted molar refractivity (Wildman–Crippen MR) is 105 cm³/mol. The zero-order chi connectivity index (χ0) is 20.0. The first-order chi connectivity index (χ1) is 12.8. The number of halogens is 2. The lowest BCUT2D eigenvalue weighted by Gasteiger charge is -2.13. The highest BCUT2D eigenvalue weighted by atomic mass is 79.9. The highest BCUT2D eigenvalue weighted by molar-refractivity contribution is 9.10. The molecule has 27 heavy (non-hydrogen) atoms. The maximum Gasteiger partial charge on any atom is 0.331 e. The number of esters is 1. The Balaban J connectivity index is 1.97. The Hall–Kier alpha value is -2.71. The largest absolute Gasteiger partial charge is 0.449 e. The molecule has 0 aliphatic heterocycles. The molecule has 0 saturated carbocycles. The molecule has 1 atom stereocenters. The molecule has 0 radical (unpaired) electrons. The molecule has 140 valence electrons. The van der Waals surface area contributed by atoms with E-state index in [-0.39, 0.29) is 16.4 Å². The zero-order valence-electron chi connectivity index (χ0n) is 14.0. The van der Waals surface area contributed by atoms with Crippen LogP contribution in [-0.2, 0) is 14.3 Å². The topological polar surface area (TPSA) is 98.5 Å². The Bertz CT molecular complexity index is 899. The summed E-state index contributed by atoms with van der Waals surface area (Å²) in [4.78, 5) is 34.2. The number of nitrogens with zero attached hydrogens (tertiary/aromatic N) is 1. The minimum Gasteiger partial charge on any atom is -0.449 e. The van der Waals surface area contributed by atoms with Gasteiger partial charge in [0.15, 0.2) is 6.10 Å². The van der Waals surface area contributed by atoms with E-state index >= 15 is 0 Å². The van der Waals surface area contributed by atoms with E-state index in [0.29, 0.717) is 0 Å². The minimum atomic E-state index is -1.12. The summed E-state index contributed by atoms with van der Waals surface area (Å²) < 4.78 is 5.93. The fourth-order valence-electron chi connectivity index (χ4n) is 1.96. The van der Waals surface area contributed by atoms with Crippen LogP contribution < -0.4 is 5.32 Å². The van der Waals surface area contributed by atoms with Gasteiger partial charge in [-0.15, -0.1) is 0 Å². The summed E-state index contributed by atoms with van der Waals surface area (Å²) in [5, 5.41) is 13.3. The van der Waals surface area contributed by atoms with E-state index in [2.05, 4.69) is 21.2 Å². The van der Waals surface area contributed by atoms with Crippen LogP contribution in [0, 0.1) is 10.1 Å². The van der Waals surface area contributed by atoms with E-state index in [4.69, 9.17) is 16.3 Å². The second-order valence-corrected chi connectivity index (χ2v) is 6.70. The van der Waals surface area contributed by atoms with E-state index in [1.54, 1.807) is 18.2 Å². The molecular weight excluding hydrogens is 440 g/mol. The van der Waals surface area contributed by atoms with Gasteiger partial charge >= 0.3 is 5.97 Å². The van der Waals surface area contributed by atoms with Crippen molar-refractivity contribution in [2.24, 2.45) is 0 Å². The van der Waals surface area contributed by atoms with Crippen molar-refractivity contribution in [1.82, 2.24) is 0 Å². The lowest BCUT2D eigenvalue weighted by Crippen LogP contribution is -2.29. The number of nitrogens with one attached hydrogen (secondary N) is 1. The highest BCUT2D eigenvalue weighted by Gasteiger charge is 2.19. The lowest BCUT2D eigenvalue weighted by atomic mass is 10.2. The summed E-state index contributed by atoms with van der Waals surface area (Å²) in [6, 6.07) is 10.9. The zero-order valence-corrected chi connectivity index (χ0v) is 16.4. The molecule has 1 amide bonds. The first kappa shape index (κ1) is 20.6. The van der Waals surface area contributed by atoms with Crippen molar-refractivity contribution in [3.8, 4) is 0 Å². The molecule has 2 rings (SSSR count). The number of carbonyl (C=O) groups excluding carboxylic acids is 2. The van der Waals surface area contributed by atoms with Crippen LogP contribution in [0.2, 0.25) is 5.02 Å². The number of carbonyl (C=O) groups is 2. The van der Waals surface area contributed by atoms with E-state index in [1.165, 1.54) is 25.1 Å². The van der Waals surface area contributed by atoms with Crippen molar-refractivity contribution in [1.29, 1.82) is 0 Å². The van der Waals surface area contributed by atoms with Crippen molar-refractivity contribution in [3.63, 3.8) is 0 Å². The van der Waals surface area contributed by atoms with Gasteiger partial charge in [-0.25, -0.2) is 4.79 Å². The average Bonchev–Trinajstić information content (AvgIpc) is 2.62. The number of anilines is 1. The summed E-state index contributed by atoms with van der Waals surface area (Å²) in [5.41, 5.74) is 0.622. The molecular formula is C18H14BrClN2O5. The number of nitro groups is 1. The third-order valence-corrected chi connectivity index (χ3v) is 4.22. The van der Waals surface area contributed by atoms with Gasteiger partial charge in [0.2, 0.25) is 0 Å². The van der Waals surface area contributed by atoms with Gasteiger partial charge in [0, 0.05) is 22.7 Å². The van der Waals surface area contributed by atoms with Gasteiger partial charge in [-0.05, 0) is 36.8 Å². The lowest BCUT2D eigenvalue weighted by molar-refractivity contribution is -0.384. The van der Waals surface area contributed by atoms with Crippen molar-refractivity contribution in [2.45, 2.75) is 13.0 Å². The molecule has 0 heterocycles. The van der Waals surface area contributed by atoms with Crippen LogP contribution in [0.3, 0.4) is 0 Å². The van der Waals surface area contributed by atoms with E-state index < -0.39 is 22.9 Å². The quantitative estimate of drug-likeness (QED) is 0.298. The van der Waals surface area contributed by atoms with Crippen LogP contribution in [0.15, 0.2) is 53.0 Å². The van der Waals surface area contributed by atoms with Gasteiger partial charge < -0.3 is 10.1 Å². The van der Waals surface area contributed by atoms with Crippen LogP contribution in [0.25, 0.3) is 6.08 Å². The Labute approximate surface area is 168 Å². The van der Waals surface area contributed by atoms with Gasteiger partial charge in [0.25, 0.3) is 11.6 Å². The number of amides is 1. The summed E-state index contributed by atoms with van der Waals surface area (Å²) >= 11 is 9.24. The number of nitro benzene ring substituents is 1. The summed E-state index contributed by atoms with van der Waals surface area (Å²) in [7, 11) is 0. The van der Waals surface area contributed by atoms with Crippen LogP contribution in [-0.4, -0.2) is 22.9 Å². The number of rotatable bonds is 6. The fraction of sp³-hybridized carbons (Fsp3) is 0.111. The third kappa shape index (κ3) is 6.19. The van der Waals surface area contributed by atoms with Gasteiger partial charge in [0.05, 0.1) is 15.6 Å². The van der Waals surface area contributed by atoms with Gasteiger partial charge in [-0.1, -0.05) is 39.7 Å². The molecule has 1 unspecified atom stereocenters. The molecule has 7 nitrogen and oxygen atoms in total. The molecule has 0 aliphatic rings. The Morgan fingerprint density at radius 3 is 2.56 bits per heavy atom. The Morgan fingerprint density at radius 2 is 1.93 bits per heavy atom. The second-order valence-electron chi connectivity index (χ2n) is 5.37. The standard InChI is InChI=1S/C18H14BrClN2O5/c1-11(27-17(23)9-4-12-2-5-13(19)6-3-12)18(24)21-16-10-14(22(25)26)7-8-15(16)20/h2-11H,1H3,(H,21,24)/b9-4+. The van der Waals surface area contributed by atoms with Crippen LogP contribution >= 0.6 is 27.5 Å². The van der Waals surface area contributed by atoms with Crippen LogP contribution in [0.1, 0.15) is 12.5 Å². The second kappa shape index (κ2) is 9.29. The first-order valence-corrected chi connectivity index (χ1v) is 8.82. The first-order valence-electron chi connectivity index (χ1n) is 7.65. The Kier molecular flexibility index (Phi) is 7.09. The van der Waals surface area contributed by atoms with Crippen LogP contribution in [0.4, 0.5) is 11.4 Å². The van der Waals surface area contributed by atoms with Crippen molar-refractivity contribution < 1.29 is 19.2 Å². The normalized spacial score (nSPS) is 11.8. The number of non-ortho nitro benzene ring substituents is 1. The van der Waals surface area contributed by atoms with Gasteiger partial charge in [0.1, 0.15) is 0 Å². The molecule has 2 aromatic rings. The Morgan fingerprint density at radius 1 is 1.26 bits per heavy atom. The molecule has 9 heteroatoms. The number of hydrogen-bond acceptors (Lipinski definition) is 5. The maximum absolute atomic E-state index is 12.1. The molecule has 0 fully saturated rings. The van der Waals surface area contributed by atoms with E-state index in [1.807, 2.05) is 12.1 Å². The number of benzene rings is 2. The van der Waals surface area contributed by atoms with Crippen molar-refractivity contribution in [3.05, 3.63) is 73.7 Å². The number of hydrogen-bond donors (Lipinski definition) is 1. The minimum absolute atomic E-state index is 0.0594. The highest BCUT2D eigenvalue weighted by Crippen LogP contribution is 2.26. The molecule has 0 aromatic heterocycles. The fourth-order valence-corrected chi connectivity index (χ4v) is 2.39. The molecule has 0 aliphatic carbocycles. The van der Waals surface area contributed by atoms with Crippen molar-refractivity contribution in [2.75, 3.05) is 5.32 Å². The maximum atomic E-state index is 12.1. The molecule has 0 bridgehead atoms.